The van der Waals surface area contributed by atoms with Gasteiger partial charge in [0.25, 0.3) is 0 Å². The van der Waals surface area contributed by atoms with E-state index in [1.807, 2.05) is 6.07 Å². The number of hydrogen-bond donors (Lipinski definition) is 1. The number of carboxylic acid groups (broad SMARTS) is 1. The Labute approximate surface area is 108 Å². The zero-order valence-corrected chi connectivity index (χ0v) is 10.2. The molecule has 0 aliphatic carbocycles. The molecule has 1 heterocycles. The number of rotatable bonds is 2. The summed E-state index contributed by atoms with van der Waals surface area (Å²) in [7, 11) is 0. The van der Waals surface area contributed by atoms with E-state index in [0.717, 1.165) is 11.8 Å². The molecule has 0 aromatic heterocycles. The fraction of sp³-hybridized carbons (Fsp3) is 0.250. The molecule has 0 radical (unpaired) electrons. The third-order valence-corrected chi connectivity index (χ3v) is 3.79. The van der Waals surface area contributed by atoms with Crippen LogP contribution in [0.1, 0.15) is 5.56 Å². The third-order valence-electron chi connectivity index (χ3n) is 2.62. The Balaban J connectivity index is 2.27. The number of carbonyl (C=O) groups excluding carboxylic acids is 1. The Hall–Kier alpha value is -2.00. The minimum atomic E-state index is -0.922. The topological polar surface area (TPSA) is 81.4 Å². The number of nitrogens with zero attached hydrogens (tertiary/aromatic N) is 2. The molecule has 2 rings (SSSR count). The summed E-state index contributed by atoms with van der Waals surface area (Å²) in [6, 6.07) is 8.61. The van der Waals surface area contributed by atoms with Gasteiger partial charge in [-0.2, -0.15) is 5.26 Å². The molecule has 1 aliphatic rings. The average Bonchev–Trinajstić information content (AvgIpc) is 2.39. The minimum absolute atomic E-state index is 0.132. The molecule has 0 bridgehead atoms. The van der Waals surface area contributed by atoms with E-state index < -0.39 is 11.2 Å². The van der Waals surface area contributed by atoms with Gasteiger partial charge in [-0.1, -0.05) is 6.07 Å². The van der Waals surface area contributed by atoms with Crippen molar-refractivity contribution in [1.82, 2.24) is 0 Å². The lowest BCUT2D eigenvalue weighted by Crippen LogP contribution is -2.45. The van der Waals surface area contributed by atoms with Crippen LogP contribution in [0.15, 0.2) is 24.3 Å². The summed E-state index contributed by atoms with van der Waals surface area (Å²) in [5.41, 5.74) is 1.02. The predicted molar refractivity (Wildman–Crippen MR) is 67.4 cm³/mol. The first-order chi connectivity index (χ1) is 8.61. The van der Waals surface area contributed by atoms with E-state index in [4.69, 9.17) is 10.4 Å². The Bertz CT molecular complexity index is 538. The number of thioether (sulfide) groups is 1. The van der Waals surface area contributed by atoms with Crippen molar-refractivity contribution < 1.29 is 14.7 Å². The van der Waals surface area contributed by atoms with Crippen LogP contribution in [-0.4, -0.2) is 34.5 Å². The van der Waals surface area contributed by atoms with Crippen LogP contribution in [-0.2, 0) is 9.59 Å². The third kappa shape index (κ3) is 2.46. The van der Waals surface area contributed by atoms with Crippen LogP contribution >= 0.6 is 11.8 Å². The molecular formula is C12H10N2O3S. The van der Waals surface area contributed by atoms with Crippen molar-refractivity contribution >= 4 is 29.3 Å². The summed E-state index contributed by atoms with van der Waals surface area (Å²) in [5, 5.41) is 17.2. The van der Waals surface area contributed by atoms with Crippen LogP contribution in [0.5, 0.6) is 0 Å². The fourth-order valence-electron chi connectivity index (χ4n) is 1.71. The molecule has 92 valence electrons. The van der Waals surface area contributed by atoms with Gasteiger partial charge in [-0.05, 0) is 18.2 Å². The van der Waals surface area contributed by atoms with Gasteiger partial charge in [0, 0.05) is 12.2 Å². The first-order valence-electron chi connectivity index (χ1n) is 5.27. The maximum absolute atomic E-state index is 11.8. The number of anilines is 1. The lowest BCUT2D eigenvalue weighted by atomic mass is 10.2. The largest absolute Gasteiger partial charge is 0.480 e. The Kier molecular flexibility index (Phi) is 3.53. The summed E-state index contributed by atoms with van der Waals surface area (Å²) >= 11 is 1.13. The van der Waals surface area contributed by atoms with Crippen molar-refractivity contribution in [3.8, 4) is 6.07 Å². The van der Waals surface area contributed by atoms with Gasteiger partial charge >= 0.3 is 5.97 Å². The van der Waals surface area contributed by atoms with Crippen molar-refractivity contribution in [3.05, 3.63) is 29.8 Å². The highest BCUT2D eigenvalue weighted by molar-refractivity contribution is 8.01. The molecule has 0 saturated carbocycles. The molecule has 18 heavy (non-hydrogen) atoms. The van der Waals surface area contributed by atoms with Crippen LogP contribution in [0.3, 0.4) is 0 Å². The highest BCUT2D eigenvalue weighted by atomic mass is 32.2. The monoisotopic (exact) mass is 262 g/mol. The van der Waals surface area contributed by atoms with Crippen molar-refractivity contribution in [2.24, 2.45) is 0 Å². The van der Waals surface area contributed by atoms with Gasteiger partial charge in [-0.15, -0.1) is 11.8 Å². The normalized spacial score (nSPS) is 19.4. The molecule has 5 nitrogen and oxygen atoms in total. The van der Waals surface area contributed by atoms with Crippen LogP contribution in [0.2, 0.25) is 0 Å². The number of amides is 1. The molecule has 1 aliphatic heterocycles. The van der Waals surface area contributed by atoms with Crippen molar-refractivity contribution in [2.75, 3.05) is 17.2 Å². The van der Waals surface area contributed by atoms with E-state index in [1.165, 1.54) is 4.90 Å². The van der Waals surface area contributed by atoms with Gasteiger partial charge in [0.05, 0.1) is 17.4 Å². The average molecular weight is 262 g/mol. The number of nitriles is 1. The van der Waals surface area contributed by atoms with Gasteiger partial charge < -0.3 is 10.0 Å². The lowest BCUT2D eigenvalue weighted by Gasteiger charge is -2.30. The quantitative estimate of drug-likeness (QED) is 0.862. The molecule has 1 amide bonds. The highest BCUT2D eigenvalue weighted by Gasteiger charge is 2.31. The molecule has 1 N–H and O–H groups in total. The number of carboxylic acids is 1. The lowest BCUT2D eigenvalue weighted by molar-refractivity contribution is -0.136. The number of benzene rings is 1. The van der Waals surface area contributed by atoms with E-state index in [-0.39, 0.29) is 18.2 Å². The Morgan fingerprint density at radius 3 is 3.00 bits per heavy atom. The second-order valence-electron chi connectivity index (χ2n) is 3.80. The summed E-state index contributed by atoms with van der Waals surface area (Å²) < 4.78 is 0. The molecule has 1 aromatic carbocycles. The van der Waals surface area contributed by atoms with Gasteiger partial charge in [0.1, 0.15) is 5.25 Å². The van der Waals surface area contributed by atoms with Crippen molar-refractivity contribution in [2.45, 2.75) is 5.25 Å². The number of aliphatic carboxylic acids is 1. The van der Waals surface area contributed by atoms with Gasteiger partial charge in [-0.25, -0.2) is 0 Å². The zero-order chi connectivity index (χ0) is 13.1. The standard InChI is InChI=1S/C12H10N2O3S/c13-5-8-2-1-3-9(4-8)14-6-10(12(16)17)18-7-11(14)15/h1-4,10H,6-7H2,(H,16,17). The Morgan fingerprint density at radius 1 is 1.56 bits per heavy atom. The van der Waals surface area contributed by atoms with Gasteiger partial charge in [-0.3, -0.25) is 9.59 Å². The summed E-state index contributed by atoms with van der Waals surface area (Å²) in [4.78, 5) is 24.2. The second-order valence-corrected chi connectivity index (χ2v) is 5.00. The molecule has 1 fully saturated rings. The molecule has 6 heteroatoms. The molecule has 1 atom stereocenters. The summed E-state index contributed by atoms with van der Waals surface area (Å²) in [5.74, 6) is -0.908. The highest BCUT2D eigenvalue weighted by Crippen LogP contribution is 2.25. The van der Waals surface area contributed by atoms with Crippen LogP contribution in [0.25, 0.3) is 0 Å². The van der Waals surface area contributed by atoms with Crippen molar-refractivity contribution in [3.63, 3.8) is 0 Å². The maximum Gasteiger partial charge on any atom is 0.318 e. The second kappa shape index (κ2) is 5.10. The SMILES string of the molecule is N#Cc1cccc(N2CC(C(=O)O)SCC2=O)c1. The fourth-order valence-corrected chi connectivity index (χ4v) is 2.61. The van der Waals surface area contributed by atoms with Gasteiger partial charge in [0.2, 0.25) is 5.91 Å². The van der Waals surface area contributed by atoms with Crippen molar-refractivity contribution in [1.29, 1.82) is 5.26 Å². The van der Waals surface area contributed by atoms with E-state index in [9.17, 15) is 9.59 Å². The smallest absolute Gasteiger partial charge is 0.318 e. The molecular weight excluding hydrogens is 252 g/mol. The first kappa shape index (κ1) is 12.5. The Morgan fingerprint density at radius 2 is 2.33 bits per heavy atom. The summed E-state index contributed by atoms with van der Waals surface area (Å²) in [6.07, 6.45) is 0. The van der Waals surface area contributed by atoms with E-state index in [0.29, 0.717) is 11.3 Å². The summed E-state index contributed by atoms with van der Waals surface area (Å²) in [6.45, 7) is 0.133. The first-order valence-corrected chi connectivity index (χ1v) is 6.31. The maximum atomic E-state index is 11.8. The molecule has 1 unspecified atom stereocenters. The predicted octanol–water partition coefficient (Wildman–Crippen LogP) is 1.09. The number of hydrogen-bond acceptors (Lipinski definition) is 4. The van der Waals surface area contributed by atoms with Crippen LogP contribution < -0.4 is 4.90 Å². The molecule has 0 spiro atoms. The minimum Gasteiger partial charge on any atom is -0.480 e. The van der Waals surface area contributed by atoms with Gasteiger partial charge in [0.15, 0.2) is 0 Å². The van der Waals surface area contributed by atoms with E-state index >= 15 is 0 Å². The van der Waals surface area contributed by atoms with Crippen LogP contribution in [0.4, 0.5) is 5.69 Å². The number of carbonyl (C=O) groups is 2. The van der Waals surface area contributed by atoms with Crippen LogP contribution in [0, 0.1) is 11.3 Å². The van der Waals surface area contributed by atoms with E-state index in [1.54, 1.807) is 24.3 Å². The van der Waals surface area contributed by atoms with E-state index in [2.05, 4.69) is 0 Å². The zero-order valence-electron chi connectivity index (χ0n) is 9.37. The molecule has 1 saturated heterocycles. The molecule has 1 aromatic rings.